The molecule has 6 nitrogen and oxygen atoms in total. The SMILES string of the molecule is CNC(=O)C1CNCCN1c1ncccc1OC. The maximum atomic E-state index is 11.9. The number of amides is 1. The van der Waals surface area contributed by atoms with Gasteiger partial charge >= 0.3 is 0 Å². The zero-order chi connectivity index (χ0) is 13.0. The van der Waals surface area contributed by atoms with Crippen molar-refractivity contribution >= 4 is 11.7 Å². The number of anilines is 1. The van der Waals surface area contributed by atoms with Crippen molar-refractivity contribution in [3.8, 4) is 5.75 Å². The average molecular weight is 250 g/mol. The van der Waals surface area contributed by atoms with Crippen LogP contribution in [0.5, 0.6) is 5.75 Å². The number of likely N-dealkylation sites (N-methyl/N-ethyl adjacent to an activating group) is 1. The lowest BCUT2D eigenvalue weighted by Crippen LogP contribution is -2.58. The number of methoxy groups -OCH3 is 1. The van der Waals surface area contributed by atoms with Gasteiger partial charge in [-0.1, -0.05) is 0 Å². The number of rotatable bonds is 3. The summed E-state index contributed by atoms with van der Waals surface area (Å²) in [4.78, 5) is 18.2. The van der Waals surface area contributed by atoms with E-state index in [2.05, 4.69) is 15.6 Å². The summed E-state index contributed by atoms with van der Waals surface area (Å²) in [5, 5.41) is 5.90. The maximum Gasteiger partial charge on any atom is 0.243 e. The molecule has 2 rings (SSSR count). The Balaban J connectivity index is 2.30. The Kier molecular flexibility index (Phi) is 3.99. The highest BCUT2D eigenvalue weighted by Gasteiger charge is 2.30. The third kappa shape index (κ3) is 2.38. The Morgan fingerprint density at radius 3 is 3.22 bits per heavy atom. The first-order valence-electron chi connectivity index (χ1n) is 5.96. The first kappa shape index (κ1) is 12.6. The van der Waals surface area contributed by atoms with E-state index in [0.717, 1.165) is 18.9 Å². The molecule has 0 saturated carbocycles. The largest absolute Gasteiger partial charge is 0.493 e. The van der Waals surface area contributed by atoms with E-state index in [9.17, 15) is 4.79 Å². The number of carbonyl (C=O) groups is 1. The van der Waals surface area contributed by atoms with Gasteiger partial charge in [-0.25, -0.2) is 4.98 Å². The number of pyridine rings is 1. The number of nitrogens with zero attached hydrogens (tertiary/aromatic N) is 2. The van der Waals surface area contributed by atoms with Crippen LogP contribution in [0.2, 0.25) is 0 Å². The average Bonchev–Trinajstić information content (AvgIpc) is 2.46. The summed E-state index contributed by atoms with van der Waals surface area (Å²) in [7, 11) is 3.25. The zero-order valence-corrected chi connectivity index (χ0v) is 10.6. The third-order valence-electron chi connectivity index (χ3n) is 3.04. The minimum absolute atomic E-state index is 0.0186. The van der Waals surface area contributed by atoms with Crippen molar-refractivity contribution < 1.29 is 9.53 Å². The summed E-state index contributed by atoms with van der Waals surface area (Å²) in [6, 6.07) is 3.41. The molecule has 6 heteroatoms. The zero-order valence-electron chi connectivity index (χ0n) is 10.6. The Morgan fingerprint density at radius 2 is 2.50 bits per heavy atom. The van der Waals surface area contributed by atoms with Gasteiger partial charge in [-0.2, -0.15) is 0 Å². The Hall–Kier alpha value is -1.82. The highest BCUT2D eigenvalue weighted by atomic mass is 16.5. The Bertz CT molecular complexity index is 424. The molecule has 0 radical (unpaired) electrons. The van der Waals surface area contributed by atoms with Gasteiger partial charge in [0.05, 0.1) is 7.11 Å². The molecule has 1 fully saturated rings. The fourth-order valence-electron chi connectivity index (χ4n) is 2.12. The van der Waals surface area contributed by atoms with Crippen LogP contribution in [-0.2, 0) is 4.79 Å². The molecule has 0 spiro atoms. The molecule has 1 unspecified atom stereocenters. The van der Waals surface area contributed by atoms with Gasteiger partial charge in [0, 0.05) is 32.9 Å². The van der Waals surface area contributed by atoms with Crippen molar-refractivity contribution in [3.05, 3.63) is 18.3 Å². The van der Waals surface area contributed by atoms with Crippen LogP contribution in [0.3, 0.4) is 0 Å². The van der Waals surface area contributed by atoms with Gasteiger partial charge in [-0.05, 0) is 12.1 Å². The number of carbonyl (C=O) groups excluding carboxylic acids is 1. The number of aromatic nitrogens is 1. The summed E-state index contributed by atoms with van der Waals surface area (Å²) in [5.41, 5.74) is 0. The molecule has 18 heavy (non-hydrogen) atoms. The Labute approximate surface area is 106 Å². The molecule has 98 valence electrons. The van der Waals surface area contributed by atoms with Crippen molar-refractivity contribution in [2.75, 3.05) is 38.7 Å². The van der Waals surface area contributed by atoms with Crippen LogP contribution in [0, 0.1) is 0 Å². The van der Waals surface area contributed by atoms with Gasteiger partial charge in [0.25, 0.3) is 0 Å². The van der Waals surface area contributed by atoms with Crippen molar-refractivity contribution in [2.45, 2.75) is 6.04 Å². The predicted octanol–water partition coefficient (Wildman–Crippen LogP) is -0.386. The summed E-state index contributed by atoms with van der Waals surface area (Å²) in [6.07, 6.45) is 1.71. The van der Waals surface area contributed by atoms with Gasteiger partial charge in [0.1, 0.15) is 6.04 Å². The van der Waals surface area contributed by atoms with E-state index in [-0.39, 0.29) is 11.9 Å². The van der Waals surface area contributed by atoms with Crippen molar-refractivity contribution in [2.24, 2.45) is 0 Å². The molecular weight excluding hydrogens is 232 g/mol. The first-order valence-corrected chi connectivity index (χ1v) is 5.96. The lowest BCUT2D eigenvalue weighted by Gasteiger charge is -2.36. The fourth-order valence-corrected chi connectivity index (χ4v) is 2.12. The number of nitrogens with one attached hydrogen (secondary N) is 2. The molecule has 1 aromatic rings. The van der Waals surface area contributed by atoms with E-state index in [0.29, 0.717) is 12.3 Å². The van der Waals surface area contributed by atoms with Gasteiger partial charge in [-0.3, -0.25) is 4.79 Å². The molecule has 2 heterocycles. The predicted molar refractivity (Wildman–Crippen MR) is 68.9 cm³/mol. The monoisotopic (exact) mass is 250 g/mol. The smallest absolute Gasteiger partial charge is 0.243 e. The summed E-state index contributed by atoms with van der Waals surface area (Å²) < 4.78 is 5.30. The van der Waals surface area contributed by atoms with Gasteiger partial charge < -0.3 is 20.3 Å². The molecule has 1 atom stereocenters. The minimum atomic E-state index is -0.257. The quantitative estimate of drug-likeness (QED) is 0.765. The summed E-state index contributed by atoms with van der Waals surface area (Å²) in [6.45, 7) is 2.16. The molecule has 0 aromatic carbocycles. The van der Waals surface area contributed by atoms with Crippen LogP contribution in [0.1, 0.15) is 0 Å². The number of hydrogen-bond acceptors (Lipinski definition) is 5. The topological polar surface area (TPSA) is 66.5 Å². The normalized spacial score (nSPS) is 19.4. The van der Waals surface area contributed by atoms with Gasteiger partial charge in [-0.15, -0.1) is 0 Å². The van der Waals surface area contributed by atoms with Gasteiger partial charge in [0.2, 0.25) is 5.91 Å². The highest BCUT2D eigenvalue weighted by molar-refractivity contribution is 5.85. The molecular formula is C12H18N4O2. The molecule has 0 aliphatic carbocycles. The van der Waals surface area contributed by atoms with Crippen LogP contribution >= 0.6 is 0 Å². The second-order valence-electron chi connectivity index (χ2n) is 4.06. The second-order valence-corrected chi connectivity index (χ2v) is 4.06. The minimum Gasteiger partial charge on any atom is -0.493 e. The molecule has 0 bridgehead atoms. The second kappa shape index (κ2) is 5.68. The summed E-state index contributed by atoms with van der Waals surface area (Å²) in [5.74, 6) is 1.39. The van der Waals surface area contributed by atoms with E-state index in [4.69, 9.17) is 4.74 Å². The van der Waals surface area contributed by atoms with Crippen molar-refractivity contribution in [1.82, 2.24) is 15.6 Å². The van der Waals surface area contributed by atoms with Crippen molar-refractivity contribution in [3.63, 3.8) is 0 Å². The van der Waals surface area contributed by atoms with Crippen molar-refractivity contribution in [1.29, 1.82) is 0 Å². The number of piperazine rings is 1. The van der Waals surface area contributed by atoms with E-state index in [1.54, 1.807) is 20.4 Å². The molecule has 1 saturated heterocycles. The van der Waals surface area contributed by atoms with Crippen LogP contribution in [0.4, 0.5) is 5.82 Å². The lowest BCUT2D eigenvalue weighted by molar-refractivity contribution is -0.122. The van der Waals surface area contributed by atoms with Gasteiger partial charge in [0.15, 0.2) is 11.6 Å². The number of ether oxygens (including phenoxy) is 1. The highest BCUT2D eigenvalue weighted by Crippen LogP contribution is 2.26. The van der Waals surface area contributed by atoms with Crippen LogP contribution in [-0.4, -0.2) is 50.7 Å². The van der Waals surface area contributed by atoms with E-state index in [1.165, 1.54) is 0 Å². The molecule has 1 aromatic heterocycles. The van der Waals surface area contributed by atoms with E-state index < -0.39 is 0 Å². The third-order valence-corrected chi connectivity index (χ3v) is 3.04. The van der Waals surface area contributed by atoms with E-state index >= 15 is 0 Å². The van der Waals surface area contributed by atoms with Crippen LogP contribution in [0.25, 0.3) is 0 Å². The lowest BCUT2D eigenvalue weighted by atomic mass is 10.1. The maximum absolute atomic E-state index is 11.9. The molecule has 1 aliphatic rings. The van der Waals surface area contributed by atoms with Crippen LogP contribution < -0.4 is 20.3 Å². The summed E-state index contributed by atoms with van der Waals surface area (Å²) >= 11 is 0. The number of hydrogen-bond donors (Lipinski definition) is 2. The Morgan fingerprint density at radius 1 is 1.67 bits per heavy atom. The molecule has 2 N–H and O–H groups in total. The first-order chi connectivity index (χ1) is 8.77. The fraction of sp³-hybridized carbons (Fsp3) is 0.500. The van der Waals surface area contributed by atoms with E-state index in [1.807, 2.05) is 17.0 Å². The molecule has 1 amide bonds. The standard InChI is InChI=1S/C12H18N4O2/c1-13-12(17)9-8-14-6-7-16(9)11-10(18-2)4-3-5-15-11/h3-5,9,14H,6-8H2,1-2H3,(H,13,17). The molecule has 1 aliphatic heterocycles. The van der Waals surface area contributed by atoms with Crippen LogP contribution in [0.15, 0.2) is 18.3 Å².